The zero-order valence-corrected chi connectivity index (χ0v) is 12.4. The lowest BCUT2D eigenvalue weighted by Gasteiger charge is -2.38. The van der Waals surface area contributed by atoms with E-state index >= 15 is 0 Å². The summed E-state index contributed by atoms with van der Waals surface area (Å²) in [6, 6.07) is 8.75. The fraction of sp³-hybridized carbons (Fsp3) is 0.562. The van der Waals surface area contributed by atoms with Gasteiger partial charge < -0.3 is 5.73 Å². The number of hydrogen-bond acceptors (Lipinski definition) is 3. The van der Waals surface area contributed by atoms with Gasteiger partial charge in [-0.25, -0.2) is 5.01 Å². The summed E-state index contributed by atoms with van der Waals surface area (Å²) in [7, 11) is 0. The van der Waals surface area contributed by atoms with Gasteiger partial charge in [-0.15, -0.1) is 0 Å². The van der Waals surface area contributed by atoms with Crippen molar-refractivity contribution in [3.05, 3.63) is 35.4 Å². The van der Waals surface area contributed by atoms with Crippen LogP contribution in [0.15, 0.2) is 24.3 Å². The van der Waals surface area contributed by atoms with Crippen molar-refractivity contribution in [3.8, 4) is 0 Å². The standard InChI is InChI=1S/C16H25N3O/c1-12-4-3-5-13(2)19(12)18-16(20)10-14-6-8-15(11-17)9-7-14/h6-9,12-13H,3-5,10-11,17H2,1-2H3,(H,18,20). The number of carbonyl (C=O) groups is 1. The van der Waals surface area contributed by atoms with Gasteiger partial charge in [-0.1, -0.05) is 30.7 Å². The normalized spacial score (nSPS) is 23.6. The van der Waals surface area contributed by atoms with Crippen molar-refractivity contribution in [2.45, 2.75) is 58.2 Å². The highest BCUT2D eigenvalue weighted by Gasteiger charge is 2.25. The number of carbonyl (C=O) groups excluding carboxylic acids is 1. The van der Waals surface area contributed by atoms with Crippen molar-refractivity contribution < 1.29 is 4.79 Å². The second kappa shape index (κ2) is 6.86. The van der Waals surface area contributed by atoms with E-state index in [1.54, 1.807) is 0 Å². The first-order valence-electron chi connectivity index (χ1n) is 7.46. The first-order valence-corrected chi connectivity index (χ1v) is 7.46. The van der Waals surface area contributed by atoms with Crippen LogP contribution in [0.4, 0.5) is 0 Å². The molecule has 0 radical (unpaired) electrons. The highest BCUT2D eigenvalue weighted by atomic mass is 16.2. The topological polar surface area (TPSA) is 58.4 Å². The number of nitrogens with two attached hydrogens (primary N) is 1. The van der Waals surface area contributed by atoms with Crippen molar-refractivity contribution in [3.63, 3.8) is 0 Å². The maximum absolute atomic E-state index is 12.1. The van der Waals surface area contributed by atoms with Gasteiger partial charge in [0.1, 0.15) is 0 Å². The highest BCUT2D eigenvalue weighted by molar-refractivity contribution is 5.78. The first-order chi connectivity index (χ1) is 9.60. The van der Waals surface area contributed by atoms with E-state index in [2.05, 4.69) is 24.3 Å². The smallest absolute Gasteiger partial charge is 0.238 e. The number of amides is 1. The fourth-order valence-corrected chi connectivity index (χ4v) is 2.80. The molecule has 1 aromatic carbocycles. The van der Waals surface area contributed by atoms with Crippen LogP contribution in [0, 0.1) is 0 Å². The Balaban J connectivity index is 1.90. The van der Waals surface area contributed by atoms with Crippen molar-refractivity contribution in [2.24, 2.45) is 5.73 Å². The van der Waals surface area contributed by atoms with Gasteiger partial charge in [0.25, 0.3) is 0 Å². The van der Waals surface area contributed by atoms with Crippen molar-refractivity contribution in [2.75, 3.05) is 0 Å². The molecule has 2 rings (SSSR count). The molecular weight excluding hydrogens is 250 g/mol. The minimum Gasteiger partial charge on any atom is -0.326 e. The number of hydrazine groups is 1. The average molecular weight is 275 g/mol. The molecule has 1 aliphatic rings. The van der Waals surface area contributed by atoms with E-state index < -0.39 is 0 Å². The van der Waals surface area contributed by atoms with Crippen LogP contribution in [0.3, 0.4) is 0 Å². The van der Waals surface area contributed by atoms with Crippen molar-refractivity contribution >= 4 is 5.91 Å². The summed E-state index contributed by atoms with van der Waals surface area (Å²) in [6.45, 7) is 4.88. The Kier molecular flexibility index (Phi) is 5.15. The van der Waals surface area contributed by atoms with Crippen LogP contribution in [0.2, 0.25) is 0 Å². The van der Waals surface area contributed by atoms with Crippen LogP contribution in [0.25, 0.3) is 0 Å². The highest BCUT2D eigenvalue weighted by Crippen LogP contribution is 2.20. The van der Waals surface area contributed by atoms with Gasteiger partial charge in [0.05, 0.1) is 6.42 Å². The van der Waals surface area contributed by atoms with Gasteiger partial charge in [-0.05, 0) is 37.8 Å². The summed E-state index contributed by atoms with van der Waals surface area (Å²) in [6.07, 6.45) is 3.96. The average Bonchev–Trinajstić information content (AvgIpc) is 2.44. The lowest BCUT2D eigenvalue weighted by atomic mass is 10.00. The van der Waals surface area contributed by atoms with Crippen LogP contribution >= 0.6 is 0 Å². The fourth-order valence-electron chi connectivity index (χ4n) is 2.80. The number of rotatable bonds is 4. The molecular formula is C16H25N3O. The molecule has 1 amide bonds. The maximum atomic E-state index is 12.1. The largest absolute Gasteiger partial charge is 0.326 e. The molecule has 1 fully saturated rings. The molecule has 0 aromatic heterocycles. The zero-order chi connectivity index (χ0) is 14.5. The van der Waals surface area contributed by atoms with E-state index in [4.69, 9.17) is 5.73 Å². The first kappa shape index (κ1) is 15.0. The molecule has 0 bridgehead atoms. The van der Waals surface area contributed by atoms with Gasteiger partial charge in [0, 0.05) is 18.6 Å². The molecule has 2 unspecified atom stereocenters. The Labute approximate surface area is 121 Å². The molecule has 1 aliphatic heterocycles. The third kappa shape index (κ3) is 3.81. The number of piperidine rings is 1. The maximum Gasteiger partial charge on any atom is 0.238 e. The van der Waals surface area contributed by atoms with Crippen LogP contribution in [-0.4, -0.2) is 23.0 Å². The second-order valence-electron chi connectivity index (χ2n) is 5.77. The molecule has 0 saturated carbocycles. The SMILES string of the molecule is CC1CCCC(C)N1NC(=O)Cc1ccc(CN)cc1. The zero-order valence-electron chi connectivity index (χ0n) is 12.4. The molecule has 110 valence electrons. The summed E-state index contributed by atoms with van der Waals surface area (Å²) < 4.78 is 0. The quantitative estimate of drug-likeness (QED) is 0.883. The lowest BCUT2D eigenvalue weighted by molar-refractivity contribution is -0.128. The Morgan fingerprint density at radius 3 is 2.30 bits per heavy atom. The van der Waals surface area contributed by atoms with Gasteiger partial charge in [-0.2, -0.15) is 0 Å². The minimum absolute atomic E-state index is 0.0612. The predicted octanol–water partition coefficient (Wildman–Crippen LogP) is 1.98. The molecule has 0 spiro atoms. The van der Waals surface area contributed by atoms with Crippen LogP contribution in [-0.2, 0) is 17.8 Å². The van der Waals surface area contributed by atoms with E-state index in [1.165, 1.54) is 6.42 Å². The van der Waals surface area contributed by atoms with Gasteiger partial charge in [0.2, 0.25) is 5.91 Å². The van der Waals surface area contributed by atoms with Crippen LogP contribution in [0.1, 0.15) is 44.2 Å². The van der Waals surface area contributed by atoms with Gasteiger partial charge >= 0.3 is 0 Å². The number of nitrogens with one attached hydrogen (secondary N) is 1. The minimum atomic E-state index is 0.0612. The Morgan fingerprint density at radius 2 is 1.75 bits per heavy atom. The van der Waals surface area contributed by atoms with E-state index in [0.29, 0.717) is 25.0 Å². The molecule has 1 heterocycles. The summed E-state index contributed by atoms with van der Waals surface area (Å²) >= 11 is 0. The molecule has 2 atom stereocenters. The monoisotopic (exact) mass is 275 g/mol. The van der Waals surface area contributed by atoms with Crippen molar-refractivity contribution in [1.29, 1.82) is 0 Å². The summed E-state index contributed by atoms with van der Waals surface area (Å²) in [5.74, 6) is 0.0612. The Bertz CT molecular complexity index is 434. The predicted molar refractivity (Wildman–Crippen MR) is 80.8 cm³/mol. The number of benzene rings is 1. The van der Waals surface area contributed by atoms with Crippen LogP contribution in [0.5, 0.6) is 0 Å². The molecule has 20 heavy (non-hydrogen) atoms. The van der Waals surface area contributed by atoms with E-state index in [-0.39, 0.29) is 5.91 Å². The second-order valence-corrected chi connectivity index (χ2v) is 5.77. The van der Waals surface area contributed by atoms with Gasteiger partial charge in [0.15, 0.2) is 0 Å². The molecule has 1 aromatic rings. The van der Waals surface area contributed by atoms with E-state index in [9.17, 15) is 4.79 Å². The van der Waals surface area contributed by atoms with E-state index in [0.717, 1.165) is 24.0 Å². The number of nitrogens with zero attached hydrogens (tertiary/aromatic N) is 1. The van der Waals surface area contributed by atoms with Crippen LogP contribution < -0.4 is 11.2 Å². The molecule has 1 saturated heterocycles. The van der Waals surface area contributed by atoms with E-state index in [1.807, 2.05) is 24.3 Å². The molecule has 4 heteroatoms. The third-order valence-electron chi connectivity index (χ3n) is 4.07. The molecule has 0 aliphatic carbocycles. The lowest BCUT2D eigenvalue weighted by Crippen LogP contribution is -2.54. The summed E-state index contributed by atoms with van der Waals surface area (Å²) in [5, 5.41) is 2.11. The number of hydrogen-bond donors (Lipinski definition) is 2. The summed E-state index contributed by atoms with van der Waals surface area (Å²) in [4.78, 5) is 12.1. The molecule has 4 nitrogen and oxygen atoms in total. The Morgan fingerprint density at radius 1 is 1.20 bits per heavy atom. The molecule has 3 N–H and O–H groups in total. The van der Waals surface area contributed by atoms with Gasteiger partial charge in [-0.3, -0.25) is 10.2 Å². The third-order valence-corrected chi connectivity index (χ3v) is 4.07. The summed E-state index contributed by atoms with van der Waals surface area (Å²) in [5.41, 5.74) is 10.7. The van der Waals surface area contributed by atoms with Crippen molar-refractivity contribution in [1.82, 2.24) is 10.4 Å². The Hall–Kier alpha value is -1.39.